The van der Waals surface area contributed by atoms with Crippen LogP contribution in [0, 0.1) is 5.41 Å². The lowest BCUT2D eigenvalue weighted by atomic mass is 9.81. The quantitative estimate of drug-likeness (QED) is 0.644. The average molecular weight is 172 g/mol. The van der Waals surface area contributed by atoms with Gasteiger partial charge in [-0.15, -0.1) is 0 Å². The predicted molar refractivity (Wildman–Crippen MR) is 45.9 cm³/mol. The molecule has 12 heavy (non-hydrogen) atoms. The first kappa shape index (κ1) is 11.1. The second kappa shape index (κ2) is 4.24. The molecule has 1 unspecified atom stereocenters. The van der Waals surface area contributed by atoms with Gasteiger partial charge in [-0.05, 0) is 19.8 Å². The summed E-state index contributed by atoms with van der Waals surface area (Å²) in [6, 6.07) is 0. The Balaban J connectivity index is 4.52. The zero-order valence-electron chi connectivity index (χ0n) is 7.89. The fourth-order valence-electron chi connectivity index (χ4n) is 0.971. The van der Waals surface area contributed by atoms with Gasteiger partial charge in [-0.2, -0.15) is 0 Å². The van der Waals surface area contributed by atoms with E-state index in [1.165, 1.54) is 6.92 Å². The minimum Gasteiger partial charge on any atom is -0.481 e. The summed E-state index contributed by atoms with van der Waals surface area (Å²) in [5, 5.41) is 8.81. The fourth-order valence-corrected chi connectivity index (χ4v) is 0.971. The highest BCUT2D eigenvalue weighted by atomic mass is 16.4. The minimum atomic E-state index is -1.17. The van der Waals surface area contributed by atoms with Crippen molar-refractivity contribution < 1.29 is 14.7 Å². The van der Waals surface area contributed by atoms with Gasteiger partial charge in [0, 0.05) is 6.42 Å². The normalized spacial score (nSPS) is 15.2. The van der Waals surface area contributed by atoms with Gasteiger partial charge in [-0.25, -0.2) is 0 Å². The Hall–Kier alpha value is -0.860. The van der Waals surface area contributed by atoms with Crippen LogP contribution in [0.2, 0.25) is 0 Å². The number of carboxylic acids is 1. The number of aliphatic carboxylic acids is 1. The number of ketones is 1. The molecule has 70 valence electrons. The predicted octanol–water partition coefficient (Wildman–Crippen LogP) is 1.86. The Kier molecular flexibility index (Phi) is 3.93. The van der Waals surface area contributed by atoms with E-state index in [9.17, 15) is 9.59 Å². The van der Waals surface area contributed by atoms with E-state index in [0.29, 0.717) is 19.3 Å². The van der Waals surface area contributed by atoms with Crippen molar-refractivity contribution in [2.45, 2.75) is 40.0 Å². The Morgan fingerprint density at radius 1 is 1.33 bits per heavy atom. The van der Waals surface area contributed by atoms with Gasteiger partial charge < -0.3 is 5.11 Å². The van der Waals surface area contributed by atoms with Crippen LogP contribution in [0.1, 0.15) is 40.0 Å². The van der Waals surface area contributed by atoms with E-state index >= 15 is 0 Å². The maximum absolute atomic E-state index is 11.4. The fraction of sp³-hybridized carbons (Fsp3) is 0.778. The third-order valence-electron chi connectivity index (χ3n) is 2.27. The van der Waals surface area contributed by atoms with Gasteiger partial charge in [0.25, 0.3) is 0 Å². The number of carbonyl (C=O) groups is 2. The zero-order valence-corrected chi connectivity index (χ0v) is 7.89. The standard InChI is InChI=1S/C9H16O3/c1-4-6-7(10)9(3,5-2)8(11)12/h4-6H2,1-3H3,(H,11,12). The van der Waals surface area contributed by atoms with E-state index in [2.05, 4.69) is 0 Å². The first-order chi connectivity index (χ1) is 5.49. The molecule has 3 nitrogen and oxygen atoms in total. The molecule has 0 aliphatic rings. The van der Waals surface area contributed by atoms with Crippen LogP contribution in [0.3, 0.4) is 0 Å². The summed E-state index contributed by atoms with van der Waals surface area (Å²) >= 11 is 0. The van der Waals surface area contributed by atoms with Crippen molar-refractivity contribution in [1.82, 2.24) is 0 Å². The second-order valence-electron chi connectivity index (χ2n) is 3.16. The van der Waals surface area contributed by atoms with Gasteiger partial charge in [0.05, 0.1) is 0 Å². The summed E-state index contributed by atoms with van der Waals surface area (Å²) in [7, 11) is 0. The molecule has 0 heterocycles. The van der Waals surface area contributed by atoms with Crippen molar-refractivity contribution >= 4 is 11.8 Å². The number of carbonyl (C=O) groups excluding carboxylic acids is 1. The minimum absolute atomic E-state index is 0.167. The van der Waals surface area contributed by atoms with Crippen molar-refractivity contribution in [3.05, 3.63) is 0 Å². The van der Waals surface area contributed by atoms with Crippen molar-refractivity contribution in [3.8, 4) is 0 Å². The Morgan fingerprint density at radius 3 is 2.08 bits per heavy atom. The first-order valence-corrected chi connectivity index (χ1v) is 4.25. The lowest BCUT2D eigenvalue weighted by Crippen LogP contribution is -2.35. The lowest BCUT2D eigenvalue weighted by Gasteiger charge is -2.20. The van der Waals surface area contributed by atoms with Crippen molar-refractivity contribution in [2.75, 3.05) is 0 Å². The summed E-state index contributed by atoms with van der Waals surface area (Å²) in [4.78, 5) is 22.1. The number of Topliss-reactive ketones (excluding diaryl/α,β-unsaturated/α-hetero) is 1. The molecular weight excluding hydrogens is 156 g/mol. The molecule has 0 aromatic carbocycles. The third-order valence-corrected chi connectivity index (χ3v) is 2.27. The molecule has 0 rings (SSSR count). The van der Waals surface area contributed by atoms with E-state index in [4.69, 9.17) is 5.11 Å². The lowest BCUT2D eigenvalue weighted by molar-refractivity contribution is -0.154. The van der Waals surface area contributed by atoms with Gasteiger partial charge in [-0.3, -0.25) is 9.59 Å². The van der Waals surface area contributed by atoms with Gasteiger partial charge in [-0.1, -0.05) is 13.8 Å². The van der Waals surface area contributed by atoms with Crippen LogP contribution in [-0.4, -0.2) is 16.9 Å². The number of rotatable bonds is 5. The SMILES string of the molecule is CCCC(=O)C(C)(CC)C(=O)O. The molecule has 0 bridgehead atoms. The van der Waals surface area contributed by atoms with E-state index in [0.717, 1.165) is 0 Å². The van der Waals surface area contributed by atoms with Crippen LogP contribution < -0.4 is 0 Å². The van der Waals surface area contributed by atoms with E-state index in [1.54, 1.807) is 6.92 Å². The smallest absolute Gasteiger partial charge is 0.316 e. The maximum Gasteiger partial charge on any atom is 0.316 e. The highest BCUT2D eigenvalue weighted by Gasteiger charge is 2.37. The Bertz CT molecular complexity index is 186. The molecule has 0 aliphatic heterocycles. The monoisotopic (exact) mass is 172 g/mol. The second-order valence-corrected chi connectivity index (χ2v) is 3.16. The highest BCUT2D eigenvalue weighted by Crippen LogP contribution is 2.24. The molecule has 0 aromatic heterocycles. The molecule has 0 aliphatic carbocycles. The van der Waals surface area contributed by atoms with Gasteiger partial charge >= 0.3 is 5.97 Å². The van der Waals surface area contributed by atoms with E-state index < -0.39 is 11.4 Å². The van der Waals surface area contributed by atoms with E-state index in [1.807, 2.05) is 6.92 Å². The molecule has 0 radical (unpaired) electrons. The molecular formula is C9H16O3. The summed E-state index contributed by atoms with van der Waals surface area (Å²) in [6.45, 7) is 5.09. The van der Waals surface area contributed by atoms with Gasteiger partial charge in [0.1, 0.15) is 11.2 Å². The number of hydrogen-bond acceptors (Lipinski definition) is 2. The molecule has 1 N–H and O–H groups in total. The van der Waals surface area contributed by atoms with Crippen LogP contribution in [0.25, 0.3) is 0 Å². The molecule has 0 aromatic rings. The maximum atomic E-state index is 11.4. The van der Waals surface area contributed by atoms with Gasteiger partial charge in [0.2, 0.25) is 0 Å². The summed E-state index contributed by atoms with van der Waals surface area (Å²) in [6.07, 6.45) is 1.43. The van der Waals surface area contributed by atoms with Crippen LogP contribution in [0.5, 0.6) is 0 Å². The van der Waals surface area contributed by atoms with Crippen LogP contribution >= 0.6 is 0 Å². The first-order valence-electron chi connectivity index (χ1n) is 4.25. The van der Waals surface area contributed by atoms with Crippen LogP contribution in [0.15, 0.2) is 0 Å². The van der Waals surface area contributed by atoms with Crippen molar-refractivity contribution in [2.24, 2.45) is 5.41 Å². The molecule has 0 spiro atoms. The van der Waals surface area contributed by atoms with Gasteiger partial charge in [0.15, 0.2) is 0 Å². The van der Waals surface area contributed by atoms with Crippen LogP contribution in [-0.2, 0) is 9.59 Å². The molecule has 0 amide bonds. The third kappa shape index (κ3) is 2.06. The summed E-state index contributed by atoms with van der Waals surface area (Å²) in [5.74, 6) is -1.18. The summed E-state index contributed by atoms with van der Waals surface area (Å²) in [5.41, 5.74) is -1.17. The topological polar surface area (TPSA) is 54.4 Å². The Labute approximate surface area is 72.8 Å². The summed E-state index contributed by atoms with van der Waals surface area (Å²) < 4.78 is 0. The van der Waals surface area contributed by atoms with E-state index in [-0.39, 0.29) is 5.78 Å². The molecule has 3 heteroatoms. The van der Waals surface area contributed by atoms with Crippen molar-refractivity contribution in [3.63, 3.8) is 0 Å². The Morgan fingerprint density at radius 2 is 1.83 bits per heavy atom. The zero-order chi connectivity index (χ0) is 9.78. The van der Waals surface area contributed by atoms with Crippen molar-refractivity contribution in [1.29, 1.82) is 0 Å². The molecule has 0 fully saturated rings. The molecule has 1 atom stereocenters. The largest absolute Gasteiger partial charge is 0.481 e. The molecule has 0 saturated heterocycles. The number of carboxylic acid groups (broad SMARTS) is 1. The highest BCUT2D eigenvalue weighted by molar-refractivity contribution is 6.02. The average Bonchev–Trinajstić information content (AvgIpc) is 2.03. The molecule has 0 saturated carbocycles. The van der Waals surface area contributed by atoms with Crippen LogP contribution in [0.4, 0.5) is 0 Å². The number of hydrogen-bond donors (Lipinski definition) is 1.